The highest BCUT2D eigenvalue weighted by Crippen LogP contribution is 2.33. The van der Waals surface area contributed by atoms with Crippen molar-refractivity contribution in [2.75, 3.05) is 85.4 Å². The summed E-state index contributed by atoms with van der Waals surface area (Å²) in [6, 6.07) is 4.73. The summed E-state index contributed by atoms with van der Waals surface area (Å²) in [7, 11) is 0. The lowest BCUT2D eigenvalue weighted by atomic mass is 9.94. The van der Waals surface area contributed by atoms with Gasteiger partial charge in [-0.15, -0.1) is 0 Å². The molecule has 130 heavy (non-hydrogen) atoms. The van der Waals surface area contributed by atoms with Crippen LogP contribution in [0.5, 0.6) is 0 Å². The molecule has 0 radical (unpaired) electrons. The van der Waals surface area contributed by atoms with Gasteiger partial charge in [-0.3, -0.25) is 87.5 Å². The molecule has 3 aliphatic rings. The Balaban J connectivity index is 1.42. The summed E-state index contributed by atoms with van der Waals surface area (Å²) in [5.41, 5.74) is 0.774. The van der Waals surface area contributed by atoms with Gasteiger partial charge in [0, 0.05) is 148 Å². The van der Waals surface area contributed by atoms with Crippen molar-refractivity contribution in [1.82, 2.24) is 58.1 Å². The lowest BCUT2D eigenvalue weighted by Crippen LogP contribution is -2.66. The van der Waals surface area contributed by atoms with E-state index in [2.05, 4.69) is 53.2 Å². The molecule has 734 valence electrons. The van der Waals surface area contributed by atoms with Crippen molar-refractivity contribution in [1.29, 1.82) is 0 Å². The summed E-state index contributed by atoms with van der Waals surface area (Å²) in [5, 5.41) is 40.6. The SMILES string of the molecule is CCC1OC(OCCCCCC(=O)NCCCNC(O)C(CCCCNC(=O)OCc2ccccc2)N(CC(=O)NCCCNC(=O)CCCCCOC2OC(COC(C)=O)C(OC(C)=O)C(OC(C)=O)C2NC(C)=O)C(C=O)NCCCNC(=O)CCCCCOC2OC(COC(C)=O)C(OC(C)=O)C(OC(C)=O)C2NC(C)=O)C(NC(C)=O)C(OC(C)=O)C1OC(C)=O. The third kappa shape index (κ3) is 45.6. The Labute approximate surface area is 757 Å². The van der Waals surface area contributed by atoms with Gasteiger partial charge in [-0.2, -0.15) is 0 Å². The van der Waals surface area contributed by atoms with Crippen LogP contribution in [0.4, 0.5) is 4.79 Å². The van der Waals surface area contributed by atoms with Crippen molar-refractivity contribution in [3.05, 3.63) is 35.9 Å². The molecule has 0 saturated carbocycles. The second-order valence-electron chi connectivity index (χ2n) is 31.4. The normalized spacial score (nSPS) is 22.3. The first kappa shape index (κ1) is 112. The number of benzene rings is 1. The van der Waals surface area contributed by atoms with Gasteiger partial charge >= 0.3 is 53.8 Å². The summed E-state index contributed by atoms with van der Waals surface area (Å²) in [4.78, 5) is 215. The van der Waals surface area contributed by atoms with E-state index in [0.29, 0.717) is 89.8 Å². The Morgan fingerprint density at radius 1 is 0.392 bits per heavy atom. The molecule has 0 spiro atoms. The second kappa shape index (κ2) is 63.0. The van der Waals surface area contributed by atoms with Crippen molar-refractivity contribution >= 4 is 101 Å². The first-order chi connectivity index (χ1) is 62.0. The van der Waals surface area contributed by atoms with E-state index in [1.165, 1.54) is 39.5 Å². The highest BCUT2D eigenvalue weighted by molar-refractivity contribution is 5.80. The summed E-state index contributed by atoms with van der Waals surface area (Å²) in [6.07, 6.45) is -10.3. The molecule has 3 heterocycles. The molecule has 3 saturated heterocycles. The largest absolute Gasteiger partial charge is 0.463 e. The number of hydrogen-bond acceptors (Lipinski definition) is 36. The Bertz CT molecular complexity index is 3720. The molecule has 18 unspecified atom stereocenters. The first-order valence-electron chi connectivity index (χ1n) is 44.3. The Kier molecular flexibility index (Phi) is 54.3. The molecule has 44 heteroatoms. The van der Waals surface area contributed by atoms with E-state index in [4.69, 9.17) is 71.1 Å². The predicted octanol–water partition coefficient (Wildman–Crippen LogP) is 0.958. The van der Waals surface area contributed by atoms with Crippen LogP contribution in [0.1, 0.15) is 211 Å². The number of amides is 8. The van der Waals surface area contributed by atoms with Gasteiger partial charge in [0.25, 0.3) is 0 Å². The third-order valence-corrected chi connectivity index (χ3v) is 20.2. The molecule has 0 bridgehead atoms. The summed E-state index contributed by atoms with van der Waals surface area (Å²) < 4.78 is 85.2. The first-order valence-corrected chi connectivity index (χ1v) is 44.3. The number of hydrogen-bond donors (Lipinski definition) is 11. The number of aldehydes is 1. The number of carbonyl (C=O) groups excluding carboxylic acids is 17. The molecule has 4 rings (SSSR count). The minimum absolute atomic E-state index is 0.0243. The van der Waals surface area contributed by atoms with Crippen LogP contribution in [0, 0.1) is 0 Å². The van der Waals surface area contributed by atoms with Crippen molar-refractivity contribution in [3.8, 4) is 0 Å². The van der Waals surface area contributed by atoms with Crippen LogP contribution < -0.4 is 53.2 Å². The molecule has 18 atom stereocenters. The van der Waals surface area contributed by atoms with Crippen LogP contribution in [0.2, 0.25) is 0 Å². The predicted molar refractivity (Wildman–Crippen MR) is 456 cm³/mol. The monoisotopic (exact) mass is 1850 g/mol. The molecule has 1 aromatic carbocycles. The Morgan fingerprint density at radius 3 is 1.12 bits per heavy atom. The van der Waals surface area contributed by atoms with Gasteiger partial charge in [0.1, 0.15) is 68.7 Å². The summed E-state index contributed by atoms with van der Waals surface area (Å²) in [5.74, 6) is -8.66. The zero-order valence-corrected chi connectivity index (χ0v) is 76.6. The smallest absolute Gasteiger partial charge is 0.407 e. The zero-order valence-electron chi connectivity index (χ0n) is 76.6. The van der Waals surface area contributed by atoms with Crippen LogP contribution >= 0.6 is 0 Å². The molecule has 11 N–H and O–H groups in total. The number of esters is 8. The topological polar surface area (TPSA) is 572 Å². The quantitative estimate of drug-likeness (QED) is 0.0142. The molecule has 44 nitrogen and oxygen atoms in total. The van der Waals surface area contributed by atoms with Gasteiger partial charge in [0.05, 0.1) is 12.6 Å². The number of unbranched alkanes of at least 4 members (excludes halogenated alkanes) is 7. The van der Waals surface area contributed by atoms with Crippen LogP contribution in [-0.2, 0) is 154 Å². The van der Waals surface area contributed by atoms with Crippen LogP contribution in [0.3, 0.4) is 0 Å². The van der Waals surface area contributed by atoms with Gasteiger partial charge in [0.2, 0.25) is 41.4 Å². The van der Waals surface area contributed by atoms with E-state index >= 15 is 0 Å². The van der Waals surface area contributed by atoms with E-state index in [1.807, 2.05) is 18.2 Å². The number of aliphatic hydroxyl groups excluding tert-OH is 1. The number of carbonyl (C=O) groups is 17. The third-order valence-electron chi connectivity index (χ3n) is 20.2. The van der Waals surface area contributed by atoms with Crippen molar-refractivity contribution < 1.29 is 158 Å². The fourth-order valence-corrected chi connectivity index (χ4v) is 14.5. The maximum Gasteiger partial charge on any atom is 0.407 e. The van der Waals surface area contributed by atoms with E-state index < -0.39 is 208 Å². The van der Waals surface area contributed by atoms with Crippen LogP contribution in [0.25, 0.3) is 0 Å². The number of ether oxygens (including phenoxy) is 15. The van der Waals surface area contributed by atoms with Crippen LogP contribution in [0.15, 0.2) is 30.3 Å². The van der Waals surface area contributed by atoms with Crippen molar-refractivity contribution in [2.45, 2.75) is 322 Å². The average Bonchev–Trinajstić information content (AvgIpc) is 0.799. The number of aliphatic hydroxyl groups is 1. The number of nitrogens with one attached hydrogen (secondary N) is 10. The average molecular weight is 1850 g/mol. The van der Waals surface area contributed by atoms with Crippen molar-refractivity contribution in [3.63, 3.8) is 0 Å². The second-order valence-corrected chi connectivity index (χ2v) is 31.4. The standard InChI is InChI=1S/C86H137N11O33/c1-13-65-76(122-57(7)104)79(125-60(10)107)73(94-52(2)99)83(128-65)116-44-25-15-20-36-71(112)90-41-30-43-92-82(114)64(33-23-24-37-93-86(115)121-49-63-31-18-14-19-32-63)97(47-72(113)91-42-29-40-89-70(111)35-22-17-27-46-118-85-75(96-54(4)101)81(127-62(12)109)78(124-59(9)106)67(130-85)51-120-56(6)103)68(48-98)87-38-28-39-88-69(110)34-21-16-26-45-117-84-74(95-53(3)100)80(126-61(11)108)77(123-58(8)105)66(129-84)50-119-55(5)102/h14,18-19,31-32,48,64-68,73-85,87,92,114H,13,15-17,20-30,33-47,49-51H2,1-12H3,(H,88,110)(H,89,111)(H,90,112)(H,91,113)(H,93,115)(H,94,99)(H,95,100)(H,96,101). The molecule has 0 aromatic heterocycles. The Morgan fingerprint density at radius 2 is 0.746 bits per heavy atom. The van der Waals surface area contributed by atoms with Crippen LogP contribution in [-0.4, -0.2) is 307 Å². The highest BCUT2D eigenvalue weighted by atomic mass is 16.7. The fraction of sp³-hybridized carbons (Fsp3) is 0.733. The summed E-state index contributed by atoms with van der Waals surface area (Å²) in [6.45, 7) is 14.6. The van der Waals surface area contributed by atoms with Gasteiger partial charge in [-0.05, 0) is 102 Å². The van der Waals surface area contributed by atoms with E-state index in [0.717, 1.165) is 47.1 Å². The molecular formula is C86H137N11O33. The van der Waals surface area contributed by atoms with Crippen molar-refractivity contribution in [2.24, 2.45) is 0 Å². The number of rotatable bonds is 62. The maximum atomic E-state index is 14.2. The van der Waals surface area contributed by atoms with E-state index in [1.54, 1.807) is 19.1 Å². The molecule has 3 aliphatic heterocycles. The molecule has 0 aliphatic carbocycles. The molecular weight excluding hydrogens is 1710 g/mol. The minimum atomic E-state index is -1.42. The number of nitrogens with zero attached hydrogens (tertiary/aromatic N) is 1. The zero-order chi connectivity index (χ0) is 96.0. The highest BCUT2D eigenvalue weighted by Gasteiger charge is 2.54. The van der Waals surface area contributed by atoms with Gasteiger partial charge < -0.3 is 123 Å². The Hall–Kier alpha value is -10.2. The van der Waals surface area contributed by atoms with Gasteiger partial charge in [-0.25, -0.2) is 4.79 Å². The molecule has 3 fully saturated rings. The molecule has 8 amide bonds. The number of alkyl carbamates (subject to hydrolysis) is 1. The minimum Gasteiger partial charge on any atom is -0.463 e. The lowest BCUT2D eigenvalue weighted by Gasteiger charge is -2.45. The summed E-state index contributed by atoms with van der Waals surface area (Å²) >= 11 is 0. The molecule has 1 aromatic rings. The fourth-order valence-electron chi connectivity index (χ4n) is 14.5. The van der Waals surface area contributed by atoms with Gasteiger partial charge in [-0.1, -0.05) is 56.5 Å². The van der Waals surface area contributed by atoms with E-state index in [9.17, 15) is 86.6 Å². The van der Waals surface area contributed by atoms with Gasteiger partial charge in [0.15, 0.2) is 61.8 Å². The van der Waals surface area contributed by atoms with E-state index in [-0.39, 0.29) is 128 Å². The lowest BCUT2D eigenvalue weighted by molar-refractivity contribution is -0.277. The maximum absolute atomic E-state index is 14.2.